The summed E-state index contributed by atoms with van der Waals surface area (Å²) in [6, 6.07) is 0. The average Bonchev–Trinajstić information content (AvgIpc) is 2.11. The molecule has 0 unspecified atom stereocenters. The van der Waals surface area contributed by atoms with Crippen LogP contribution < -0.4 is 0 Å². The molecule has 0 aliphatic carbocycles. The first-order valence-electron chi connectivity index (χ1n) is 3.75. The number of rotatable bonds is 5. The summed E-state index contributed by atoms with van der Waals surface area (Å²) in [6.07, 6.45) is 0. The van der Waals surface area contributed by atoms with Crippen LogP contribution in [0.2, 0.25) is 0 Å². The Balaban J connectivity index is 4.06. The molecule has 6 heteroatoms. The summed E-state index contributed by atoms with van der Waals surface area (Å²) < 4.78 is 4.68. The molecule has 0 atom stereocenters. The SMILES string of the molecule is COCCN(CCO)C(=O)C(=O)O. The molecule has 76 valence electrons. The zero-order chi connectivity index (χ0) is 10.3. The zero-order valence-corrected chi connectivity index (χ0v) is 7.39. The van der Waals surface area contributed by atoms with E-state index in [4.69, 9.17) is 10.2 Å². The van der Waals surface area contributed by atoms with E-state index in [0.29, 0.717) is 0 Å². The van der Waals surface area contributed by atoms with Crippen LogP contribution >= 0.6 is 0 Å². The number of carboxylic acids is 1. The number of nitrogens with zero attached hydrogens (tertiary/aromatic N) is 1. The van der Waals surface area contributed by atoms with Gasteiger partial charge in [0.1, 0.15) is 0 Å². The minimum Gasteiger partial charge on any atom is -0.474 e. The molecule has 0 fully saturated rings. The molecule has 0 saturated heterocycles. The highest BCUT2D eigenvalue weighted by Gasteiger charge is 2.19. The van der Waals surface area contributed by atoms with Crippen LogP contribution in [0.3, 0.4) is 0 Å². The quantitative estimate of drug-likeness (QED) is 0.518. The van der Waals surface area contributed by atoms with E-state index < -0.39 is 11.9 Å². The van der Waals surface area contributed by atoms with E-state index in [2.05, 4.69) is 4.74 Å². The lowest BCUT2D eigenvalue weighted by atomic mass is 10.4. The minimum absolute atomic E-state index is 0.00843. The summed E-state index contributed by atoms with van der Waals surface area (Å²) in [4.78, 5) is 22.2. The van der Waals surface area contributed by atoms with Crippen LogP contribution in [-0.4, -0.2) is 60.4 Å². The summed E-state index contributed by atoms with van der Waals surface area (Å²) in [6.45, 7) is 0.165. The standard InChI is InChI=1S/C7H13NO5/c1-13-5-3-8(2-4-9)6(10)7(11)12/h9H,2-5H2,1H3,(H,11,12). The molecule has 0 aliphatic rings. The Kier molecular flexibility index (Phi) is 5.82. The lowest BCUT2D eigenvalue weighted by Gasteiger charge is -2.18. The third-order valence-electron chi connectivity index (χ3n) is 1.41. The van der Waals surface area contributed by atoms with Gasteiger partial charge in [-0.3, -0.25) is 4.79 Å². The van der Waals surface area contributed by atoms with E-state index in [1.807, 2.05) is 0 Å². The fourth-order valence-electron chi connectivity index (χ4n) is 0.772. The van der Waals surface area contributed by atoms with Crippen LogP contribution in [0.15, 0.2) is 0 Å². The van der Waals surface area contributed by atoms with Crippen molar-refractivity contribution in [3.8, 4) is 0 Å². The van der Waals surface area contributed by atoms with Crippen LogP contribution in [0.1, 0.15) is 0 Å². The molecule has 2 N–H and O–H groups in total. The van der Waals surface area contributed by atoms with Crippen LogP contribution in [-0.2, 0) is 14.3 Å². The number of hydrogen-bond acceptors (Lipinski definition) is 4. The molecule has 0 aromatic heterocycles. The van der Waals surface area contributed by atoms with E-state index in [1.165, 1.54) is 7.11 Å². The van der Waals surface area contributed by atoms with E-state index >= 15 is 0 Å². The van der Waals surface area contributed by atoms with Gasteiger partial charge < -0.3 is 19.8 Å². The summed E-state index contributed by atoms with van der Waals surface area (Å²) in [7, 11) is 1.45. The maximum atomic E-state index is 10.9. The van der Waals surface area contributed by atoms with Gasteiger partial charge in [-0.1, -0.05) is 0 Å². The van der Waals surface area contributed by atoms with Crippen molar-refractivity contribution < 1.29 is 24.5 Å². The van der Waals surface area contributed by atoms with Gasteiger partial charge in [-0.05, 0) is 0 Å². The largest absolute Gasteiger partial charge is 0.474 e. The maximum absolute atomic E-state index is 10.9. The van der Waals surface area contributed by atoms with Crippen molar-refractivity contribution in [1.82, 2.24) is 4.90 Å². The maximum Gasteiger partial charge on any atom is 0.394 e. The van der Waals surface area contributed by atoms with Crippen molar-refractivity contribution in [3.63, 3.8) is 0 Å². The smallest absolute Gasteiger partial charge is 0.394 e. The second kappa shape index (κ2) is 6.38. The Morgan fingerprint density at radius 1 is 1.38 bits per heavy atom. The number of carboxylic acid groups (broad SMARTS) is 1. The predicted octanol–water partition coefficient (Wildman–Crippen LogP) is -1.46. The lowest BCUT2D eigenvalue weighted by molar-refractivity contribution is -0.156. The highest BCUT2D eigenvalue weighted by atomic mass is 16.5. The number of aliphatic hydroxyl groups excluding tert-OH is 1. The summed E-state index contributed by atoms with van der Waals surface area (Å²) in [5, 5.41) is 16.9. The summed E-state index contributed by atoms with van der Waals surface area (Å²) in [5.41, 5.74) is 0. The zero-order valence-electron chi connectivity index (χ0n) is 7.39. The Labute approximate surface area is 75.7 Å². The third-order valence-corrected chi connectivity index (χ3v) is 1.41. The van der Waals surface area contributed by atoms with Gasteiger partial charge in [0.25, 0.3) is 0 Å². The molecule has 0 spiro atoms. The normalized spacial score (nSPS) is 9.69. The molecule has 13 heavy (non-hydrogen) atoms. The number of hydrogen-bond donors (Lipinski definition) is 2. The average molecular weight is 191 g/mol. The third kappa shape index (κ3) is 4.44. The van der Waals surface area contributed by atoms with Gasteiger partial charge in [-0.25, -0.2) is 4.79 Å². The van der Waals surface area contributed by atoms with Gasteiger partial charge in [-0.15, -0.1) is 0 Å². The fourth-order valence-corrected chi connectivity index (χ4v) is 0.772. The van der Waals surface area contributed by atoms with Crippen molar-refractivity contribution in [2.75, 3.05) is 33.4 Å². The number of carbonyl (C=O) groups is 2. The van der Waals surface area contributed by atoms with Crippen LogP contribution in [0.5, 0.6) is 0 Å². The number of aliphatic carboxylic acids is 1. The van der Waals surface area contributed by atoms with Crippen LogP contribution in [0.4, 0.5) is 0 Å². The Morgan fingerprint density at radius 2 is 2.00 bits per heavy atom. The minimum atomic E-state index is -1.52. The second-order valence-corrected chi connectivity index (χ2v) is 2.31. The molecule has 0 heterocycles. The first-order chi connectivity index (χ1) is 6.13. The van der Waals surface area contributed by atoms with Crippen molar-refractivity contribution in [2.45, 2.75) is 0 Å². The second-order valence-electron chi connectivity index (χ2n) is 2.31. The molecule has 0 saturated carbocycles. The molecule has 6 nitrogen and oxygen atoms in total. The number of ether oxygens (including phenoxy) is 1. The monoisotopic (exact) mass is 191 g/mol. The van der Waals surface area contributed by atoms with Gasteiger partial charge in [-0.2, -0.15) is 0 Å². The van der Waals surface area contributed by atoms with E-state index in [-0.39, 0.29) is 26.3 Å². The molecule has 1 amide bonds. The Morgan fingerprint density at radius 3 is 2.38 bits per heavy atom. The molecule has 0 aromatic carbocycles. The van der Waals surface area contributed by atoms with Gasteiger partial charge >= 0.3 is 11.9 Å². The number of amides is 1. The predicted molar refractivity (Wildman–Crippen MR) is 43.2 cm³/mol. The first kappa shape index (κ1) is 11.9. The lowest BCUT2D eigenvalue weighted by Crippen LogP contribution is -2.40. The summed E-state index contributed by atoms with van der Waals surface area (Å²) in [5.74, 6) is -2.55. The van der Waals surface area contributed by atoms with E-state index in [9.17, 15) is 9.59 Å². The van der Waals surface area contributed by atoms with Crippen molar-refractivity contribution >= 4 is 11.9 Å². The van der Waals surface area contributed by atoms with Crippen molar-refractivity contribution in [2.24, 2.45) is 0 Å². The van der Waals surface area contributed by atoms with Gasteiger partial charge in [0.2, 0.25) is 0 Å². The molecule has 0 aliphatic heterocycles. The van der Waals surface area contributed by atoms with Gasteiger partial charge in [0, 0.05) is 20.2 Å². The van der Waals surface area contributed by atoms with Crippen molar-refractivity contribution in [3.05, 3.63) is 0 Å². The highest BCUT2D eigenvalue weighted by Crippen LogP contribution is 1.89. The number of carbonyl (C=O) groups excluding carboxylic acids is 1. The molecular formula is C7H13NO5. The van der Waals surface area contributed by atoms with E-state index in [1.54, 1.807) is 0 Å². The van der Waals surface area contributed by atoms with Crippen molar-refractivity contribution in [1.29, 1.82) is 0 Å². The molecule has 0 bridgehead atoms. The van der Waals surface area contributed by atoms with Gasteiger partial charge in [0.15, 0.2) is 0 Å². The topological polar surface area (TPSA) is 87.1 Å². The van der Waals surface area contributed by atoms with E-state index in [0.717, 1.165) is 4.90 Å². The number of methoxy groups -OCH3 is 1. The molecule has 0 rings (SSSR count). The first-order valence-corrected chi connectivity index (χ1v) is 3.75. The number of aliphatic hydroxyl groups is 1. The molecule has 0 aromatic rings. The van der Waals surface area contributed by atoms with Gasteiger partial charge in [0.05, 0.1) is 13.2 Å². The van der Waals surface area contributed by atoms with Crippen LogP contribution in [0, 0.1) is 0 Å². The summed E-state index contributed by atoms with van der Waals surface area (Å²) >= 11 is 0. The fraction of sp³-hybridized carbons (Fsp3) is 0.714. The Bertz CT molecular complexity index is 182. The Hall–Kier alpha value is -1.14. The molecular weight excluding hydrogens is 178 g/mol. The van der Waals surface area contributed by atoms with Crippen LogP contribution in [0.25, 0.3) is 0 Å². The molecule has 0 radical (unpaired) electrons. The highest BCUT2D eigenvalue weighted by molar-refractivity contribution is 6.31.